The van der Waals surface area contributed by atoms with E-state index in [0.29, 0.717) is 5.57 Å². The van der Waals surface area contributed by atoms with Gasteiger partial charge in [0.25, 0.3) is 0 Å². The SMILES string of the molecule is C=C[C@@]1(C)C2=C(C)[C@@H](O)C[C@@]1(O)[C@@H](OC(=O)c1ccccc1)[C@@H]1[C@]3(OC(C)=O)CO[C@@H]3C[C@H](O[Si](CC)(CC)CC)[C@@]1(C)C(=O)[C@@H]2O. The third-order valence-corrected chi connectivity index (χ3v) is 17.0. The Bertz CT molecular complexity index is 1450. The highest BCUT2D eigenvalue weighted by Crippen LogP contribution is 2.65. The third kappa shape index (κ3) is 5.03. The number of hydrogen-bond acceptors (Lipinski definition) is 10. The van der Waals surface area contributed by atoms with E-state index in [1.807, 2.05) is 0 Å². The van der Waals surface area contributed by atoms with E-state index in [-0.39, 0.29) is 30.6 Å². The van der Waals surface area contributed by atoms with E-state index < -0.39 is 84.5 Å². The van der Waals surface area contributed by atoms with Gasteiger partial charge in [-0.2, -0.15) is 0 Å². The normalized spacial score (nSPS) is 39.8. The first-order valence-electron chi connectivity index (χ1n) is 16.8. The predicted molar refractivity (Wildman–Crippen MR) is 176 cm³/mol. The lowest BCUT2D eigenvalue weighted by Crippen LogP contribution is -2.82. The number of esters is 2. The number of carbonyl (C=O) groups is 3. The van der Waals surface area contributed by atoms with E-state index in [9.17, 15) is 24.9 Å². The van der Waals surface area contributed by atoms with Gasteiger partial charge in [-0.25, -0.2) is 4.79 Å². The van der Waals surface area contributed by atoms with Crippen LogP contribution in [0.3, 0.4) is 0 Å². The highest BCUT2D eigenvalue weighted by atomic mass is 28.4. The van der Waals surface area contributed by atoms with E-state index >= 15 is 4.79 Å². The molecule has 11 heteroatoms. The highest BCUT2D eigenvalue weighted by molar-refractivity contribution is 6.73. The Hall–Kier alpha value is -2.67. The average molecular weight is 671 g/mol. The maximum absolute atomic E-state index is 15.2. The molecule has 5 rings (SSSR count). The van der Waals surface area contributed by atoms with Crippen molar-refractivity contribution in [2.24, 2.45) is 16.7 Å². The van der Waals surface area contributed by atoms with Crippen LogP contribution in [0.2, 0.25) is 18.1 Å². The highest BCUT2D eigenvalue weighted by Gasteiger charge is 2.78. The number of fused-ring (bicyclic) bond motifs is 5. The zero-order chi connectivity index (χ0) is 34.7. The van der Waals surface area contributed by atoms with Gasteiger partial charge in [-0.15, -0.1) is 6.58 Å². The van der Waals surface area contributed by atoms with Gasteiger partial charge in [-0.3, -0.25) is 9.59 Å². The zero-order valence-corrected chi connectivity index (χ0v) is 29.6. The molecule has 10 atom stereocenters. The molecule has 0 aromatic heterocycles. The molecule has 3 fully saturated rings. The number of aliphatic hydroxyl groups is 3. The van der Waals surface area contributed by atoms with Crippen LogP contribution in [0.4, 0.5) is 0 Å². The molecule has 3 aliphatic carbocycles. The van der Waals surface area contributed by atoms with Crippen molar-refractivity contribution < 1.29 is 48.3 Å². The summed E-state index contributed by atoms with van der Waals surface area (Å²) in [6, 6.07) is 10.6. The lowest BCUT2D eigenvalue weighted by molar-refractivity contribution is -0.343. The summed E-state index contributed by atoms with van der Waals surface area (Å²) in [5.41, 5.74) is -6.23. The van der Waals surface area contributed by atoms with Crippen molar-refractivity contribution in [3.8, 4) is 0 Å². The van der Waals surface area contributed by atoms with Crippen LogP contribution < -0.4 is 0 Å². The quantitative estimate of drug-likeness (QED) is 0.198. The number of aliphatic hydroxyl groups excluding tert-OH is 2. The minimum atomic E-state index is -2.44. The number of Topliss-reactive ketones (excluding diaryl/α,β-unsaturated/α-hetero) is 1. The molecule has 0 spiro atoms. The molecular formula is C36H50O10Si. The summed E-state index contributed by atoms with van der Waals surface area (Å²) in [7, 11) is -2.44. The second-order valence-electron chi connectivity index (χ2n) is 14.3. The molecule has 0 radical (unpaired) electrons. The van der Waals surface area contributed by atoms with Gasteiger partial charge >= 0.3 is 11.9 Å². The number of hydrogen-bond donors (Lipinski definition) is 3. The molecule has 1 aromatic rings. The topological polar surface area (TPSA) is 149 Å². The largest absolute Gasteiger partial charge is 0.455 e. The molecule has 47 heavy (non-hydrogen) atoms. The molecule has 4 aliphatic rings. The van der Waals surface area contributed by atoms with Gasteiger partial charge < -0.3 is 34.0 Å². The van der Waals surface area contributed by atoms with Gasteiger partial charge in [0, 0.05) is 25.2 Å². The van der Waals surface area contributed by atoms with Gasteiger partial charge in [-0.05, 0) is 62.2 Å². The molecule has 2 saturated carbocycles. The Balaban J connectivity index is 1.86. The Morgan fingerprint density at radius 3 is 2.23 bits per heavy atom. The molecule has 0 unspecified atom stereocenters. The summed E-state index contributed by atoms with van der Waals surface area (Å²) in [5.74, 6) is -3.29. The average Bonchev–Trinajstić information content (AvgIpc) is 3.05. The van der Waals surface area contributed by atoms with Gasteiger partial charge in [0.2, 0.25) is 0 Å². The first kappa shape index (κ1) is 35.6. The molecular weight excluding hydrogens is 620 g/mol. The van der Waals surface area contributed by atoms with Crippen LogP contribution in [0.1, 0.15) is 71.7 Å². The zero-order valence-electron chi connectivity index (χ0n) is 28.6. The maximum atomic E-state index is 15.2. The molecule has 2 bridgehead atoms. The monoisotopic (exact) mass is 670 g/mol. The second-order valence-corrected chi connectivity index (χ2v) is 19.0. The van der Waals surface area contributed by atoms with E-state index in [1.54, 1.807) is 51.1 Å². The molecule has 1 heterocycles. The number of benzene rings is 1. The Labute approximate surface area is 278 Å². The van der Waals surface area contributed by atoms with Crippen LogP contribution in [0.5, 0.6) is 0 Å². The van der Waals surface area contributed by atoms with Crippen LogP contribution in [-0.2, 0) is 28.2 Å². The van der Waals surface area contributed by atoms with E-state index in [1.165, 1.54) is 13.0 Å². The first-order valence-corrected chi connectivity index (χ1v) is 19.3. The molecule has 1 saturated heterocycles. The third-order valence-electron chi connectivity index (χ3n) is 12.3. The lowest BCUT2D eigenvalue weighted by Gasteiger charge is -2.68. The fourth-order valence-electron chi connectivity index (χ4n) is 9.16. The van der Waals surface area contributed by atoms with Crippen molar-refractivity contribution in [1.82, 2.24) is 0 Å². The first-order chi connectivity index (χ1) is 22.1. The van der Waals surface area contributed by atoms with Crippen molar-refractivity contribution in [2.75, 3.05) is 6.61 Å². The molecule has 1 aromatic carbocycles. The number of ketones is 1. The van der Waals surface area contributed by atoms with Crippen molar-refractivity contribution in [3.63, 3.8) is 0 Å². The van der Waals surface area contributed by atoms with Gasteiger partial charge in [0.15, 0.2) is 19.7 Å². The van der Waals surface area contributed by atoms with Crippen LogP contribution in [0, 0.1) is 16.7 Å². The van der Waals surface area contributed by atoms with Crippen molar-refractivity contribution in [3.05, 3.63) is 59.7 Å². The summed E-state index contributed by atoms with van der Waals surface area (Å²) in [4.78, 5) is 42.1. The fraction of sp³-hybridized carbons (Fsp3) is 0.639. The summed E-state index contributed by atoms with van der Waals surface area (Å²) < 4.78 is 25.8. The van der Waals surface area contributed by atoms with Gasteiger partial charge in [0.1, 0.15) is 23.9 Å². The maximum Gasteiger partial charge on any atom is 0.338 e. The van der Waals surface area contributed by atoms with E-state index in [2.05, 4.69) is 27.4 Å². The van der Waals surface area contributed by atoms with Crippen LogP contribution in [0.25, 0.3) is 0 Å². The standard InChI is InChI=1S/C36H50O10Si/c1-9-33(7)27-21(5)24(38)19-36(33,42)31(44-32(41)23-16-14-13-15-17-23)29-34(8,30(40)28(27)39)25(46-47(10-2,11-3)12-4)18-26-35(29,20-43-26)45-22(6)37/h9,13-17,24-26,28-29,31,38-39,42H,1,10-12,18-20H2,2-8H3/t24-,25-,26+,28+,29-,31-,33-,34+,35-,36+/m0/s1. The number of rotatable bonds is 9. The fourth-order valence-corrected chi connectivity index (χ4v) is 12.1. The second kappa shape index (κ2) is 12.3. The van der Waals surface area contributed by atoms with Crippen molar-refractivity contribution >= 4 is 26.0 Å². The molecule has 10 nitrogen and oxygen atoms in total. The Morgan fingerprint density at radius 1 is 1.11 bits per heavy atom. The molecule has 1 aliphatic heterocycles. The van der Waals surface area contributed by atoms with Gasteiger partial charge in [-0.1, -0.05) is 45.0 Å². The molecule has 3 N–H and O–H groups in total. The number of ether oxygens (including phenoxy) is 3. The van der Waals surface area contributed by atoms with Crippen molar-refractivity contribution in [2.45, 2.75) is 121 Å². The van der Waals surface area contributed by atoms with E-state index in [0.717, 1.165) is 18.1 Å². The lowest BCUT2D eigenvalue weighted by atomic mass is 9.44. The van der Waals surface area contributed by atoms with Crippen molar-refractivity contribution in [1.29, 1.82) is 0 Å². The summed E-state index contributed by atoms with van der Waals surface area (Å²) in [5, 5.41) is 36.8. The minimum Gasteiger partial charge on any atom is -0.455 e. The van der Waals surface area contributed by atoms with Crippen LogP contribution >= 0.6 is 0 Å². The predicted octanol–water partition coefficient (Wildman–Crippen LogP) is 4.28. The summed E-state index contributed by atoms with van der Waals surface area (Å²) in [6.07, 6.45) is -4.91. The molecule has 0 amide bonds. The summed E-state index contributed by atoms with van der Waals surface area (Å²) in [6.45, 7) is 16.3. The molecule has 258 valence electrons. The van der Waals surface area contributed by atoms with Crippen LogP contribution in [-0.4, -0.2) is 89.7 Å². The smallest absolute Gasteiger partial charge is 0.338 e. The minimum absolute atomic E-state index is 0.108. The van der Waals surface area contributed by atoms with Gasteiger partial charge in [0.05, 0.1) is 35.7 Å². The van der Waals surface area contributed by atoms with Crippen LogP contribution in [0.15, 0.2) is 54.1 Å². The summed E-state index contributed by atoms with van der Waals surface area (Å²) >= 11 is 0. The Kier molecular flexibility index (Phi) is 9.35. The van der Waals surface area contributed by atoms with E-state index in [4.69, 9.17) is 18.6 Å². The number of carbonyl (C=O) groups excluding carboxylic acids is 3. The Morgan fingerprint density at radius 2 is 1.72 bits per heavy atom.